The van der Waals surface area contributed by atoms with Gasteiger partial charge in [-0.1, -0.05) is 37.0 Å². The van der Waals surface area contributed by atoms with Crippen molar-refractivity contribution >= 4 is 5.97 Å². The Morgan fingerprint density at radius 1 is 1.41 bits per heavy atom. The van der Waals surface area contributed by atoms with E-state index in [2.05, 4.69) is 11.8 Å². The Morgan fingerprint density at radius 3 is 2.65 bits per heavy atom. The van der Waals surface area contributed by atoms with Crippen LogP contribution in [0.2, 0.25) is 0 Å². The van der Waals surface area contributed by atoms with E-state index in [4.69, 9.17) is 5.11 Å². The van der Waals surface area contributed by atoms with Gasteiger partial charge in [-0.05, 0) is 19.2 Å². The summed E-state index contributed by atoms with van der Waals surface area (Å²) in [7, 11) is 1.87. The monoisotopic (exact) mass is 231 g/mol. The number of aliphatic carboxylic acids is 1. The van der Waals surface area contributed by atoms with Crippen molar-refractivity contribution in [3.63, 3.8) is 0 Å². The lowest BCUT2D eigenvalue weighted by Gasteiger charge is -2.15. The van der Waals surface area contributed by atoms with Gasteiger partial charge in [0.15, 0.2) is 0 Å². The van der Waals surface area contributed by atoms with E-state index in [1.165, 1.54) is 0 Å². The molecular weight excluding hydrogens is 214 g/mol. The topological polar surface area (TPSA) is 40.5 Å². The molecule has 0 spiro atoms. The molecule has 1 aromatic rings. The average Bonchev–Trinajstić information content (AvgIpc) is 2.30. The molecule has 3 heteroatoms. The Bertz CT molecular complexity index is 417. The second-order valence-electron chi connectivity index (χ2n) is 4.10. The first-order valence-electron chi connectivity index (χ1n) is 5.55. The smallest absolute Gasteiger partial charge is 0.307 e. The summed E-state index contributed by atoms with van der Waals surface area (Å²) in [5, 5.41) is 8.77. The van der Waals surface area contributed by atoms with Gasteiger partial charge in [-0.25, -0.2) is 0 Å². The van der Waals surface area contributed by atoms with Crippen LogP contribution in [0, 0.1) is 17.8 Å². The molecule has 17 heavy (non-hydrogen) atoms. The first kappa shape index (κ1) is 13.3. The van der Waals surface area contributed by atoms with E-state index >= 15 is 0 Å². The Labute approximate surface area is 102 Å². The van der Waals surface area contributed by atoms with Gasteiger partial charge in [0.25, 0.3) is 0 Å². The molecule has 0 saturated heterocycles. The van der Waals surface area contributed by atoms with Crippen molar-refractivity contribution in [2.75, 3.05) is 20.1 Å². The van der Waals surface area contributed by atoms with Gasteiger partial charge in [-0.15, -0.1) is 0 Å². The van der Waals surface area contributed by atoms with Gasteiger partial charge in [-0.2, -0.15) is 0 Å². The van der Waals surface area contributed by atoms with Gasteiger partial charge in [0.2, 0.25) is 0 Å². The Hall–Kier alpha value is -1.79. The molecule has 1 rings (SSSR count). The van der Waals surface area contributed by atoms with Gasteiger partial charge in [-0.3, -0.25) is 9.69 Å². The van der Waals surface area contributed by atoms with E-state index in [0.29, 0.717) is 13.1 Å². The van der Waals surface area contributed by atoms with Crippen LogP contribution in [0.25, 0.3) is 0 Å². The molecule has 0 bridgehead atoms. The molecule has 0 aromatic heterocycles. The maximum atomic E-state index is 10.7. The highest BCUT2D eigenvalue weighted by Gasteiger charge is 2.12. The first-order valence-corrected chi connectivity index (χ1v) is 5.55. The van der Waals surface area contributed by atoms with Crippen LogP contribution in [-0.4, -0.2) is 36.1 Å². The molecule has 0 radical (unpaired) electrons. The van der Waals surface area contributed by atoms with Crippen molar-refractivity contribution in [2.45, 2.75) is 6.92 Å². The van der Waals surface area contributed by atoms with Crippen molar-refractivity contribution < 1.29 is 9.90 Å². The minimum Gasteiger partial charge on any atom is -0.481 e. The summed E-state index contributed by atoms with van der Waals surface area (Å²) < 4.78 is 0. The van der Waals surface area contributed by atoms with Crippen LogP contribution in [0.1, 0.15) is 12.5 Å². The standard InChI is InChI=1S/C14H17NO2/c1-12(14(16)17)11-15(2)10-6-9-13-7-4-3-5-8-13/h3-5,7-8,12H,10-11H2,1-2H3,(H,16,17). The Balaban J connectivity index is 2.41. The summed E-state index contributed by atoms with van der Waals surface area (Å²) in [6.45, 7) is 2.79. The molecule has 0 aliphatic heterocycles. The summed E-state index contributed by atoms with van der Waals surface area (Å²) in [5.41, 5.74) is 0.979. The maximum Gasteiger partial charge on any atom is 0.307 e. The molecule has 3 nitrogen and oxygen atoms in total. The molecule has 1 aromatic carbocycles. The molecule has 0 saturated carbocycles. The third-order valence-corrected chi connectivity index (χ3v) is 2.36. The third-order valence-electron chi connectivity index (χ3n) is 2.36. The predicted octanol–water partition coefficient (Wildman–Crippen LogP) is 1.69. The van der Waals surface area contributed by atoms with Crippen LogP contribution in [-0.2, 0) is 4.79 Å². The number of hydrogen-bond donors (Lipinski definition) is 1. The van der Waals surface area contributed by atoms with Gasteiger partial charge in [0.1, 0.15) is 0 Å². The minimum absolute atomic E-state index is 0.362. The van der Waals surface area contributed by atoms with Crippen molar-refractivity contribution in [2.24, 2.45) is 5.92 Å². The molecule has 0 amide bonds. The predicted molar refractivity (Wildman–Crippen MR) is 67.6 cm³/mol. The van der Waals surface area contributed by atoms with E-state index in [9.17, 15) is 4.79 Å². The quantitative estimate of drug-likeness (QED) is 0.802. The highest BCUT2D eigenvalue weighted by atomic mass is 16.4. The number of nitrogens with zero attached hydrogens (tertiary/aromatic N) is 1. The van der Waals surface area contributed by atoms with Gasteiger partial charge in [0, 0.05) is 12.1 Å². The Morgan fingerprint density at radius 2 is 2.06 bits per heavy atom. The number of hydrogen-bond acceptors (Lipinski definition) is 2. The largest absolute Gasteiger partial charge is 0.481 e. The number of carboxylic acid groups (broad SMARTS) is 1. The van der Waals surface area contributed by atoms with E-state index < -0.39 is 5.97 Å². The number of benzene rings is 1. The second-order valence-corrected chi connectivity index (χ2v) is 4.10. The molecular formula is C14H17NO2. The third kappa shape index (κ3) is 5.19. The normalized spacial score (nSPS) is 11.7. The van der Waals surface area contributed by atoms with E-state index in [1.54, 1.807) is 6.92 Å². The number of carbonyl (C=O) groups is 1. The molecule has 0 aliphatic carbocycles. The van der Waals surface area contributed by atoms with Crippen LogP contribution >= 0.6 is 0 Å². The van der Waals surface area contributed by atoms with Crippen LogP contribution in [0.5, 0.6) is 0 Å². The zero-order valence-electron chi connectivity index (χ0n) is 10.2. The maximum absolute atomic E-state index is 10.7. The molecule has 1 atom stereocenters. The fraction of sp³-hybridized carbons (Fsp3) is 0.357. The van der Waals surface area contributed by atoms with Crippen molar-refractivity contribution in [3.8, 4) is 11.8 Å². The molecule has 1 unspecified atom stereocenters. The lowest BCUT2D eigenvalue weighted by Crippen LogP contribution is -2.28. The van der Waals surface area contributed by atoms with Crippen LogP contribution in [0.15, 0.2) is 30.3 Å². The fourth-order valence-corrected chi connectivity index (χ4v) is 1.41. The minimum atomic E-state index is -0.770. The number of rotatable bonds is 4. The summed E-state index contributed by atoms with van der Waals surface area (Å²) >= 11 is 0. The van der Waals surface area contributed by atoms with Crippen LogP contribution in [0.3, 0.4) is 0 Å². The average molecular weight is 231 g/mol. The summed E-state index contributed by atoms with van der Waals surface area (Å²) in [5.74, 6) is 4.93. The van der Waals surface area contributed by atoms with Gasteiger partial charge >= 0.3 is 5.97 Å². The summed E-state index contributed by atoms with van der Waals surface area (Å²) in [6.07, 6.45) is 0. The van der Waals surface area contributed by atoms with E-state index in [-0.39, 0.29) is 5.92 Å². The van der Waals surface area contributed by atoms with Gasteiger partial charge in [0.05, 0.1) is 12.5 Å². The van der Waals surface area contributed by atoms with E-state index in [0.717, 1.165) is 5.56 Å². The first-order chi connectivity index (χ1) is 8.09. The molecule has 0 aliphatic rings. The van der Waals surface area contributed by atoms with E-state index in [1.807, 2.05) is 42.3 Å². The highest BCUT2D eigenvalue weighted by molar-refractivity contribution is 5.69. The number of carboxylic acids is 1. The second kappa shape index (κ2) is 6.72. The molecule has 1 N–H and O–H groups in total. The lowest BCUT2D eigenvalue weighted by molar-refractivity contribution is -0.141. The van der Waals surface area contributed by atoms with Crippen molar-refractivity contribution in [3.05, 3.63) is 35.9 Å². The molecule has 0 fully saturated rings. The van der Waals surface area contributed by atoms with Crippen LogP contribution < -0.4 is 0 Å². The van der Waals surface area contributed by atoms with Crippen molar-refractivity contribution in [1.82, 2.24) is 4.90 Å². The molecule has 90 valence electrons. The van der Waals surface area contributed by atoms with Gasteiger partial charge < -0.3 is 5.11 Å². The zero-order chi connectivity index (χ0) is 12.7. The highest BCUT2D eigenvalue weighted by Crippen LogP contribution is 1.98. The Kier molecular flexibility index (Phi) is 5.25. The summed E-state index contributed by atoms with van der Waals surface area (Å²) in [6, 6.07) is 9.74. The lowest BCUT2D eigenvalue weighted by atomic mass is 10.2. The van der Waals surface area contributed by atoms with Crippen molar-refractivity contribution in [1.29, 1.82) is 0 Å². The molecule has 0 heterocycles. The fourth-order valence-electron chi connectivity index (χ4n) is 1.41. The van der Waals surface area contributed by atoms with Crippen LogP contribution in [0.4, 0.5) is 0 Å². The SMILES string of the molecule is CC(CN(C)CC#Cc1ccccc1)C(=O)O. The summed E-state index contributed by atoms with van der Waals surface area (Å²) in [4.78, 5) is 12.6. The zero-order valence-corrected chi connectivity index (χ0v) is 10.2.